The lowest BCUT2D eigenvalue weighted by atomic mass is 9.96. The van der Waals surface area contributed by atoms with Crippen LogP contribution in [0.4, 0.5) is 4.79 Å². The van der Waals surface area contributed by atoms with Gasteiger partial charge in [0.1, 0.15) is 31.0 Å². The predicted octanol–water partition coefficient (Wildman–Crippen LogP) is 2.20. The number of hydrogen-bond acceptors (Lipinski definition) is 8. The summed E-state index contributed by atoms with van der Waals surface area (Å²) < 4.78 is 29.3. The zero-order valence-electron chi connectivity index (χ0n) is 20.9. The average molecular weight is 494 g/mol. The predicted molar refractivity (Wildman–Crippen MR) is 128 cm³/mol. The number of carbonyl (C=O) groups excluding carboxylic acids is 2. The number of fused-ring (bicyclic) bond motifs is 1. The van der Waals surface area contributed by atoms with Crippen LogP contribution in [-0.2, 0) is 35.1 Å². The quantitative estimate of drug-likeness (QED) is 0.378. The number of nitrogens with one attached hydrogen (secondary N) is 2. The summed E-state index contributed by atoms with van der Waals surface area (Å²) in [6.07, 6.45) is 1.26. The lowest BCUT2D eigenvalue weighted by Crippen LogP contribution is -2.64. The van der Waals surface area contributed by atoms with Crippen molar-refractivity contribution in [1.29, 1.82) is 0 Å². The summed E-state index contributed by atoms with van der Waals surface area (Å²) in [5, 5.41) is 5.67. The number of rotatable bonds is 12. The van der Waals surface area contributed by atoms with E-state index in [0.717, 1.165) is 31.2 Å². The Morgan fingerprint density at radius 3 is 2.49 bits per heavy atom. The second-order valence-corrected chi connectivity index (χ2v) is 9.34. The Labute approximate surface area is 207 Å². The molecule has 196 valence electrons. The molecule has 0 radical (unpaired) electrons. The molecule has 5 atom stereocenters. The molecule has 0 spiro atoms. The minimum atomic E-state index is -0.792. The average Bonchev–Trinajstić information content (AvgIpc) is 3.16. The van der Waals surface area contributed by atoms with Gasteiger partial charge in [0, 0.05) is 26.6 Å². The van der Waals surface area contributed by atoms with Crippen LogP contribution in [0.15, 0.2) is 30.3 Å². The first-order valence-electron chi connectivity index (χ1n) is 12.3. The van der Waals surface area contributed by atoms with Crippen LogP contribution in [0.2, 0.25) is 0 Å². The number of alkyl carbamates (subject to hydrolysis) is 1. The summed E-state index contributed by atoms with van der Waals surface area (Å²) in [4.78, 5) is 23.6. The van der Waals surface area contributed by atoms with Gasteiger partial charge in [-0.1, -0.05) is 43.2 Å². The third-order valence-corrected chi connectivity index (χ3v) is 5.92. The first kappa shape index (κ1) is 27.3. The maximum absolute atomic E-state index is 11.8. The van der Waals surface area contributed by atoms with E-state index in [-0.39, 0.29) is 31.3 Å². The molecule has 0 aromatic heterocycles. The third-order valence-electron chi connectivity index (χ3n) is 5.92. The highest BCUT2D eigenvalue weighted by molar-refractivity contribution is 5.73. The van der Waals surface area contributed by atoms with E-state index in [4.69, 9.17) is 29.4 Å². The molecule has 35 heavy (non-hydrogen) atoms. The molecule has 2 amide bonds. The third kappa shape index (κ3) is 8.43. The van der Waals surface area contributed by atoms with Crippen molar-refractivity contribution in [2.45, 2.75) is 89.5 Å². The van der Waals surface area contributed by atoms with E-state index < -0.39 is 30.3 Å². The van der Waals surface area contributed by atoms with Crippen molar-refractivity contribution in [3.63, 3.8) is 0 Å². The van der Waals surface area contributed by atoms with E-state index >= 15 is 0 Å². The molecule has 3 rings (SSSR count). The second-order valence-electron chi connectivity index (χ2n) is 9.34. The number of amides is 2. The van der Waals surface area contributed by atoms with Crippen molar-refractivity contribution in [3.8, 4) is 0 Å². The van der Waals surface area contributed by atoms with E-state index in [9.17, 15) is 9.59 Å². The van der Waals surface area contributed by atoms with Gasteiger partial charge >= 0.3 is 6.09 Å². The lowest BCUT2D eigenvalue weighted by molar-refractivity contribution is -0.242. The Kier molecular flexibility index (Phi) is 10.3. The number of nitrogens with two attached hydrogens (primary N) is 1. The molecule has 2 aliphatic rings. The first-order chi connectivity index (χ1) is 16.8. The molecular weight excluding hydrogens is 454 g/mol. The molecule has 0 saturated carbocycles. The Morgan fingerprint density at radius 1 is 1.06 bits per heavy atom. The number of carbonyl (C=O) groups is 2. The maximum atomic E-state index is 11.8. The van der Waals surface area contributed by atoms with Crippen LogP contribution in [0.25, 0.3) is 0 Å². The standard InChI is InChI=1S/C25H39N3O7/c1-17(29)28-20-22-21(34-25(2,3)35-22)19(15-26)33-23(20)31-14-10-5-4-9-13-27-24(30)32-16-18-11-7-6-8-12-18/h6-8,11-12,19-23H,4-5,9-10,13-16,26H2,1-3H3,(H,27,30)(H,28,29). The number of hydrogen-bond donors (Lipinski definition) is 3. The van der Waals surface area contributed by atoms with E-state index in [1.165, 1.54) is 6.92 Å². The van der Waals surface area contributed by atoms with Crippen LogP contribution in [0.1, 0.15) is 52.0 Å². The van der Waals surface area contributed by atoms with Gasteiger partial charge < -0.3 is 40.1 Å². The highest BCUT2D eigenvalue weighted by atomic mass is 16.8. The minimum Gasteiger partial charge on any atom is -0.445 e. The molecule has 0 bridgehead atoms. The summed E-state index contributed by atoms with van der Waals surface area (Å²) >= 11 is 0. The smallest absolute Gasteiger partial charge is 0.407 e. The highest BCUT2D eigenvalue weighted by Crippen LogP contribution is 2.37. The number of ether oxygens (including phenoxy) is 5. The molecule has 10 heteroatoms. The molecule has 4 N–H and O–H groups in total. The molecule has 1 aromatic carbocycles. The fraction of sp³-hybridized carbons (Fsp3) is 0.680. The van der Waals surface area contributed by atoms with Gasteiger partial charge in [-0.15, -0.1) is 0 Å². The second kappa shape index (κ2) is 13.2. The maximum Gasteiger partial charge on any atom is 0.407 e. The summed E-state index contributed by atoms with van der Waals surface area (Å²) in [7, 11) is 0. The lowest BCUT2D eigenvalue weighted by Gasteiger charge is -2.41. The van der Waals surface area contributed by atoms with Crippen molar-refractivity contribution in [2.24, 2.45) is 5.73 Å². The molecule has 2 heterocycles. The van der Waals surface area contributed by atoms with Crippen LogP contribution in [0.5, 0.6) is 0 Å². The largest absolute Gasteiger partial charge is 0.445 e. The van der Waals surface area contributed by atoms with Gasteiger partial charge in [-0.25, -0.2) is 4.79 Å². The Bertz CT molecular complexity index is 808. The van der Waals surface area contributed by atoms with Crippen LogP contribution in [0.3, 0.4) is 0 Å². The molecule has 2 aliphatic heterocycles. The van der Waals surface area contributed by atoms with E-state index in [2.05, 4.69) is 10.6 Å². The fourth-order valence-electron chi connectivity index (χ4n) is 4.33. The fourth-order valence-corrected chi connectivity index (χ4v) is 4.33. The van der Waals surface area contributed by atoms with Gasteiger partial charge in [-0.05, 0) is 32.3 Å². The minimum absolute atomic E-state index is 0.194. The number of unbranched alkanes of at least 4 members (excludes halogenated alkanes) is 3. The van der Waals surface area contributed by atoms with Crippen LogP contribution in [0, 0.1) is 0 Å². The van der Waals surface area contributed by atoms with Crippen molar-refractivity contribution in [3.05, 3.63) is 35.9 Å². The molecule has 5 unspecified atom stereocenters. The first-order valence-corrected chi connectivity index (χ1v) is 12.3. The number of benzene rings is 1. The van der Waals surface area contributed by atoms with E-state index in [1.54, 1.807) is 0 Å². The topological polar surface area (TPSA) is 130 Å². The molecule has 2 saturated heterocycles. The summed E-state index contributed by atoms with van der Waals surface area (Å²) in [6, 6.07) is 9.07. The Balaban J connectivity index is 1.33. The van der Waals surface area contributed by atoms with Gasteiger partial charge in [0.05, 0.1) is 0 Å². The highest BCUT2D eigenvalue weighted by Gasteiger charge is 2.55. The molecule has 2 fully saturated rings. The summed E-state index contributed by atoms with van der Waals surface area (Å²) in [5.41, 5.74) is 6.86. The van der Waals surface area contributed by atoms with Crippen molar-refractivity contribution in [2.75, 3.05) is 19.7 Å². The zero-order chi connectivity index (χ0) is 25.3. The van der Waals surface area contributed by atoms with E-state index in [1.807, 2.05) is 44.2 Å². The summed E-state index contributed by atoms with van der Waals surface area (Å²) in [6.45, 7) is 6.65. The summed E-state index contributed by atoms with van der Waals surface area (Å²) in [5.74, 6) is -0.986. The Hall–Kier alpha value is -2.24. The van der Waals surface area contributed by atoms with Crippen LogP contribution >= 0.6 is 0 Å². The normalized spacial score (nSPS) is 27.1. The zero-order valence-corrected chi connectivity index (χ0v) is 20.9. The van der Waals surface area contributed by atoms with Crippen LogP contribution < -0.4 is 16.4 Å². The van der Waals surface area contributed by atoms with Crippen molar-refractivity contribution >= 4 is 12.0 Å². The monoisotopic (exact) mass is 493 g/mol. The van der Waals surface area contributed by atoms with Crippen molar-refractivity contribution < 1.29 is 33.3 Å². The molecule has 10 nitrogen and oxygen atoms in total. The van der Waals surface area contributed by atoms with Crippen LogP contribution in [-0.4, -0.2) is 68.1 Å². The van der Waals surface area contributed by atoms with Gasteiger partial charge in [-0.3, -0.25) is 4.79 Å². The molecular formula is C25H39N3O7. The van der Waals surface area contributed by atoms with E-state index in [0.29, 0.717) is 13.2 Å². The van der Waals surface area contributed by atoms with Gasteiger partial charge in [0.15, 0.2) is 12.1 Å². The SMILES string of the molecule is CC(=O)NC1C(OCCCCCCNC(=O)OCc2ccccc2)OC(CN)C2OC(C)(C)OC12. The van der Waals surface area contributed by atoms with Gasteiger partial charge in [0.2, 0.25) is 5.91 Å². The Morgan fingerprint density at radius 2 is 1.77 bits per heavy atom. The van der Waals surface area contributed by atoms with Gasteiger partial charge in [-0.2, -0.15) is 0 Å². The van der Waals surface area contributed by atoms with Crippen molar-refractivity contribution in [1.82, 2.24) is 10.6 Å². The molecule has 0 aliphatic carbocycles. The van der Waals surface area contributed by atoms with Gasteiger partial charge in [0.25, 0.3) is 0 Å². The molecule has 1 aromatic rings.